The molecular weight excluding hydrogens is 755 g/mol. The van der Waals surface area contributed by atoms with Gasteiger partial charge in [-0.05, 0) is 83.9 Å². The summed E-state index contributed by atoms with van der Waals surface area (Å²) in [6.07, 6.45) is 0. The van der Waals surface area contributed by atoms with Gasteiger partial charge in [0.15, 0.2) is 5.58 Å². The molecule has 0 fully saturated rings. The molecule has 0 aliphatic heterocycles. The van der Waals surface area contributed by atoms with E-state index in [1.165, 1.54) is 43.6 Å². The summed E-state index contributed by atoms with van der Waals surface area (Å²) >= 11 is 0. The van der Waals surface area contributed by atoms with Gasteiger partial charge in [0, 0.05) is 54.5 Å². The fraction of sp³-hybridized carbons (Fsp3) is 0. The molecule has 0 saturated heterocycles. The van der Waals surface area contributed by atoms with E-state index >= 15 is 0 Å². The lowest BCUT2D eigenvalue weighted by Gasteiger charge is -2.28. The molecule has 4 nitrogen and oxygen atoms in total. The molecule has 290 valence electrons. The molecule has 4 heteroatoms. The average Bonchev–Trinajstić information content (AvgIpc) is 4.00. The Hall–Kier alpha value is -8.34. The third kappa shape index (κ3) is 5.14. The first-order valence-corrected chi connectivity index (χ1v) is 21.2. The third-order valence-corrected chi connectivity index (χ3v) is 12.7. The molecule has 13 rings (SSSR count). The van der Waals surface area contributed by atoms with Crippen molar-refractivity contribution in [1.29, 1.82) is 0 Å². The zero-order valence-corrected chi connectivity index (χ0v) is 33.6. The maximum atomic E-state index is 6.76. The van der Waals surface area contributed by atoms with Crippen LogP contribution in [-0.4, -0.2) is 9.13 Å². The second-order valence-electron chi connectivity index (χ2n) is 16.1. The fourth-order valence-corrected chi connectivity index (χ4v) is 9.96. The molecule has 0 radical (unpaired) electrons. The fourth-order valence-electron chi connectivity index (χ4n) is 9.96. The van der Waals surface area contributed by atoms with Gasteiger partial charge in [0.25, 0.3) is 0 Å². The largest absolute Gasteiger partial charge is 0.454 e. The number of fused-ring (bicyclic) bond motifs is 10. The molecular formula is C58H37N3O. The van der Waals surface area contributed by atoms with Crippen molar-refractivity contribution >= 4 is 93.4 Å². The molecule has 0 spiro atoms. The van der Waals surface area contributed by atoms with E-state index in [2.05, 4.69) is 232 Å². The van der Waals surface area contributed by atoms with Crippen LogP contribution in [0.4, 0.5) is 17.1 Å². The SMILES string of the molecule is c1ccc(-n2c3ccccc3c3ccc(-c4ccc(N(c5ccc(-n6c7ccccc7c7ccccc76)c6ccccc56)c5cccc6c5oc5ccccc56)cc4)cc32)cc1. The van der Waals surface area contributed by atoms with Crippen molar-refractivity contribution in [3.63, 3.8) is 0 Å². The van der Waals surface area contributed by atoms with Gasteiger partial charge in [-0.15, -0.1) is 0 Å². The number of rotatable bonds is 6. The molecule has 13 aromatic rings. The van der Waals surface area contributed by atoms with Crippen LogP contribution in [0.3, 0.4) is 0 Å². The first kappa shape index (κ1) is 34.5. The standard InChI is InChI=1S/C58H37N3O/c1-2-15-40(16-3-1)60-50-24-10-6-21-46(50)47-34-31-39(37-56(47)60)38-29-32-41(33-30-38)59(55-27-14-23-49-48-22-9-13-28-57(48)62-58(49)55)53-35-36-54(45-18-5-4-17-44(45)53)61-51-25-11-7-19-42(51)43-20-8-12-26-52(43)61/h1-37H. The molecule has 0 atom stereocenters. The van der Waals surface area contributed by atoms with Crippen molar-refractivity contribution in [2.24, 2.45) is 0 Å². The van der Waals surface area contributed by atoms with Gasteiger partial charge in [-0.25, -0.2) is 0 Å². The summed E-state index contributed by atoms with van der Waals surface area (Å²) in [5.41, 5.74) is 14.2. The summed E-state index contributed by atoms with van der Waals surface area (Å²) < 4.78 is 11.6. The topological polar surface area (TPSA) is 26.2 Å². The number of hydrogen-bond donors (Lipinski definition) is 0. The summed E-state index contributed by atoms with van der Waals surface area (Å²) in [5, 5.41) is 9.49. The van der Waals surface area contributed by atoms with Gasteiger partial charge in [-0.2, -0.15) is 0 Å². The lowest BCUT2D eigenvalue weighted by Crippen LogP contribution is -2.11. The smallest absolute Gasteiger partial charge is 0.159 e. The molecule has 0 bridgehead atoms. The Morgan fingerprint density at radius 2 is 0.871 bits per heavy atom. The molecule has 3 heterocycles. The van der Waals surface area contributed by atoms with E-state index < -0.39 is 0 Å². The molecule has 0 aliphatic rings. The number of furan rings is 1. The van der Waals surface area contributed by atoms with Crippen LogP contribution in [0.2, 0.25) is 0 Å². The van der Waals surface area contributed by atoms with Crippen LogP contribution in [0, 0.1) is 0 Å². The van der Waals surface area contributed by atoms with Crippen LogP contribution >= 0.6 is 0 Å². The summed E-state index contributed by atoms with van der Waals surface area (Å²) in [6, 6.07) is 80.9. The van der Waals surface area contributed by atoms with E-state index in [0.29, 0.717) is 0 Å². The second kappa shape index (κ2) is 13.6. The monoisotopic (exact) mass is 791 g/mol. The Morgan fingerprint density at radius 3 is 1.58 bits per heavy atom. The lowest BCUT2D eigenvalue weighted by molar-refractivity contribution is 0.669. The Bertz CT molecular complexity index is 3820. The van der Waals surface area contributed by atoms with Crippen molar-refractivity contribution < 1.29 is 4.42 Å². The van der Waals surface area contributed by atoms with Crippen molar-refractivity contribution in [3.8, 4) is 22.5 Å². The van der Waals surface area contributed by atoms with Crippen LogP contribution in [0.1, 0.15) is 0 Å². The molecule has 0 N–H and O–H groups in total. The number of para-hydroxylation sites is 6. The summed E-state index contributed by atoms with van der Waals surface area (Å²) in [7, 11) is 0. The highest BCUT2D eigenvalue weighted by Gasteiger charge is 2.23. The van der Waals surface area contributed by atoms with Gasteiger partial charge in [0.05, 0.1) is 39.1 Å². The van der Waals surface area contributed by atoms with Crippen LogP contribution < -0.4 is 4.90 Å². The van der Waals surface area contributed by atoms with E-state index in [1.807, 2.05) is 6.07 Å². The van der Waals surface area contributed by atoms with E-state index in [0.717, 1.165) is 72.3 Å². The van der Waals surface area contributed by atoms with E-state index in [1.54, 1.807) is 0 Å². The second-order valence-corrected chi connectivity index (χ2v) is 16.1. The summed E-state index contributed by atoms with van der Waals surface area (Å²) in [5.74, 6) is 0. The summed E-state index contributed by atoms with van der Waals surface area (Å²) in [4.78, 5) is 2.38. The number of hydrogen-bond acceptors (Lipinski definition) is 2. The van der Waals surface area contributed by atoms with E-state index in [9.17, 15) is 0 Å². The van der Waals surface area contributed by atoms with E-state index in [-0.39, 0.29) is 0 Å². The highest BCUT2D eigenvalue weighted by molar-refractivity contribution is 6.15. The third-order valence-electron chi connectivity index (χ3n) is 12.7. The highest BCUT2D eigenvalue weighted by Crippen LogP contribution is 2.46. The lowest BCUT2D eigenvalue weighted by atomic mass is 10.0. The minimum Gasteiger partial charge on any atom is -0.454 e. The van der Waals surface area contributed by atoms with Gasteiger partial charge in [-0.3, -0.25) is 0 Å². The van der Waals surface area contributed by atoms with Crippen molar-refractivity contribution in [2.75, 3.05) is 4.90 Å². The van der Waals surface area contributed by atoms with Gasteiger partial charge < -0.3 is 18.5 Å². The zero-order chi connectivity index (χ0) is 40.7. The molecule has 62 heavy (non-hydrogen) atoms. The molecule has 10 aromatic carbocycles. The van der Waals surface area contributed by atoms with Crippen LogP contribution in [0.25, 0.3) is 98.8 Å². The molecule has 0 saturated carbocycles. The minimum absolute atomic E-state index is 0.854. The quantitative estimate of drug-likeness (QED) is 0.168. The van der Waals surface area contributed by atoms with Crippen LogP contribution in [-0.2, 0) is 0 Å². The Kier molecular flexibility index (Phi) is 7.57. The van der Waals surface area contributed by atoms with Gasteiger partial charge in [-0.1, -0.05) is 152 Å². The first-order valence-electron chi connectivity index (χ1n) is 21.2. The normalized spacial score (nSPS) is 11.9. The maximum Gasteiger partial charge on any atom is 0.159 e. The average molecular weight is 792 g/mol. The Balaban J connectivity index is 1.01. The molecule has 0 amide bonds. The number of nitrogens with zero attached hydrogens (tertiary/aromatic N) is 3. The number of aromatic nitrogens is 2. The zero-order valence-electron chi connectivity index (χ0n) is 33.6. The highest BCUT2D eigenvalue weighted by atomic mass is 16.3. The molecule has 3 aromatic heterocycles. The van der Waals surface area contributed by atoms with Gasteiger partial charge in [0.2, 0.25) is 0 Å². The van der Waals surface area contributed by atoms with Crippen molar-refractivity contribution in [3.05, 3.63) is 224 Å². The molecule has 0 unspecified atom stereocenters. The predicted octanol–water partition coefficient (Wildman–Crippen LogP) is 16.1. The van der Waals surface area contributed by atoms with Crippen molar-refractivity contribution in [2.45, 2.75) is 0 Å². The molecule has 0 aliphatic carbocycles. The predicted molar refractivity (Wildman–Crippen MR) is 260 cm³/mol. The number of anilines is 3. The number of benzene rings is 10. The van der Waals surface area contributed by atoms with E-state index in [4.69, 9.17) is 4.42 Å². The Morgan fingerprint density at radius 1 is 0.323 bits per heavy atom. The van der Waals surface area contributed by atoms with Gasteiger partial charge in [0.1, 0.15) is 5.58 Å². The Labute approximate surface area is 357 Å². The van der Waals surface area contributed by atoms with Crippen LogP contribution in [0.15, 0.2) is 229 Å². The minimum atomic E-state index is 0.854. The van der Waals surface area contributed by atoms with Gasteiger partial charge >= 0.3 is 0 Å². The first-order chi connectivity index (χ1) is 30.8. The van der Waals surface area contributed by atoms with Crippen molar-refractivity contribution in [1.82, 2.24) is 9.13 Å². The summed E-state index contributed by atoms with van der Waals surface area (Å²) in [6.45, 7) is 0. The maximum absolute atomic E-state index is 6.76. The van der Waals surface area contributed by atoms with Crippen LogP contribution in [0.5, 0.6) is 0 Å².